The Bertz CT molecular complexity index is 1140. The largest absolute Gasteiger partial charge is 0.444 e. The molecule has 0 radical (unpaired) electrons. The summed E-state index contributed by atoms with van der Waals surface area (Å²) in [7, 11) is 0. The SMILES string of the molecule is CCC(C)N(C(=O)C(CC(C)C)NC(=O)OC(C)(C)C)C(C(=O)Nc1c(C)cccc1Cl)c1ccccc1C. The Labute approximate surface area is 238 Å². The van der Waals surface area contributed by atoms with Crippen LogP contribution in [0.1, 0.15) is 84.0 Å². The second kappa shape index (κ2) is 13.8. The highest BCUT2D eigenvalue weighted by Crippen LogP contribution is 2.32. The minimum Gasteiger partial charge on any atom is -0.444 e. The maximum absolute atomic E-state index is 14.3. The van der Waals surface area contributed by atoms with Gasteiger partial charge in [0, 0.05) is 6.04 Å². The zero-order valence-corrected chi connectivity index (χ0v) is 25.5. The molecule has 2 rings (SSSR count). The molecule has 0 saturated carbocycles. The Hall–Kier alpha value is -3.06. The summed E-state index contributed by atoms with van der Waals surface area (Å²) >= 11 is 6.45. The minimum absolute atomic E-state index is 0.101. The van der Waals surface area contributed by atoms with E-state index in [1.54, 1.807) is 31.7 Å². The molecule has 0 fully saturated rings. The lowest BCUT2D eigenvalue weighted by atomic mass is 9.94. The highest BCUT2D eigenvalue weighted by Gasteiger charge is 2.39. The third-order valence-electron chi connectivity index (χ3n) is 6.50. The summed E-state index contributed by atoms with van der Waals surface area (Å²) < 4.78 is 5.47. The molecule has 39 heavy (non-hydrogen) atoms. The number of benzene rings is 2. The number of para-hydroxylation sites is 1. The van der Waals surface area contributed by atoms with Crippen LogP contribution in [0.2, 0.25) is 5.02 Å². The molecule has 214 valence electrons. The molecule has 0 saturated heterocycles. The Morgan fingerprint density at radius 1 is 0.974 bits per heavy atom. The maximum atomic E-state index is 14.3. The molecule has 8 heteroatoms. The van der Waals surface area contributed by atoms with E-state index in [9.17, 15) is 14.4 Å². The molecule has 0 bridgehead atoms. The van der Waals surface area contributed by atoms with Crippen LogP contribution in [-0.2, 0) is 14.3 Å². The molecular formula is C31H44ClN3O4. The molecule has 3 amide bonds. The lowest BCUT2D eigenvalue weighted by molar-refractivity contribution is -0.143. The van der Waals surface area contributed by atoms with E-state index >= 15 is 0 Å². The van der Waals surface area contributed by atoms with Crippen LogP contribution in [0.5, 0.6) is 0 Å². The number of ether oxygens (including phenoxy) is 1. The summed E-state index contributed by atoms with van der Waals surface area (Å²) in [5.74, 6) is -0.623. The summed E-state index contributed by atoms with van der Waals surface area (Å²) in [4.78, 5) is 42.8. The van der Waals surface area contributed by atoms with Gasteiger partial charge in [0.15, 0.2) is 0 Å². The Morgan fingerprint density at radius 3 is 2.13 bits per heavy atom. The summed E-state index contributed by atoms with van der Waals surface area (Å²) in [5.41, 5.74) is 2.17. The van der Waals surface area contributed by atoms with E-state index in [0.29, 0.717) is 29.1 Å². The van der Waals surface area contributed by atoms with Gasteiger partial charge in [-0.1, -0.05) is 68.8 Å². The fraction of sp³-hybridized carbons (Fsp3) is 0.516. The van der Waals surface area contributed by atoms with Crippen molar-refractivity contribution in [1.82, 2.24) is 10.2 Å². The van der Waals surface area contributed by atoms with Crippen molar-refractivity contribution in [2.24, 2.45) is 5.92 Å². The van der Waals surface area contributed by atoms with Gasteiger partial charge in [0.2, 0.25) is 5.91 Å². The quantitative estimate of drug-likeness (QED) is 0.323. The number of halogens is 1. The summed E-state index contributed by atoms with van der Waals surface area (Å²) in [6.07, 6.45) is 0.318. The Morgan fingerprint density at radius 2 is 1.59 bits per heavy atom. The van der Waals surface area contributed by atoms with Crippen LogP contribution >= 0.6 is 11.6 Å². The summed E-state index contributed by atoms with van der Waals surface area (Å²) in [5, 5.41) is 6.19. The number of nitrogens with zero attached hydrogens (tertiary/aromatic N) is 1. The first-order valence-corrected chi connectivity index (χ1v) is 14.0. The third kappa shape index (κ3) is 8.99. The van der Waals surface area contributed by atoms with Gasteiger partial charge in [-0.3, -0.25) is 9.59 Å². The van der Waals surface area contributed by atoms with Crippen molar-refractivity contribution in [2.45, 2.75) is 98.9 Å². The Kier molecular flexibility index (Phi) is 11.4. The maximum Gasteiger partial charge on any atom is 0.408 e. The van der Waals surface area contributed by atoms with Crippen LogP contribution in [-0.4, -0.2) is 40.5 Å². The molecule has 0 aliphatic rings. The monoisotopic (exact) mass is 557 g/mol. The lowest BCUT2D eigenvalue weighted by Gasteiger charge is -2.39. The number of carbonyl (C=O) groups excluding carboxylic acids is 3. The molecule has 3 atom stereocenters. The van der Waals surface area contributed by atoms with Crippen molar-refractivity contribution >= 4 is 35.2 Å². The van der Waals surface area contributed by atoms with Gasteiger partial charge >= 0.3 is 6.09 Å². The molecule has 2 aromatic rings. The summed E-state index contributed by atoms with van der Waals surface area (Å²) in [6.45, 7) is 16.9. The average molecular weight is 558 g/mol. The van der Waals surface area contributed by atoms with Gasteiger partial charge in [0.1, 0.15) is 17.7 Å². The molecular weight excluding hydrogens is 514 g/mol. The normalized spacial score (nSPS) is 13.8. The molecule has 0 spiro atoms. The van der Waals surface area contributed by atoms with Gasteiger partial charge < -0.3 is 20.3 Å². The number of nitrogens with one attached hydrogen (secondary N) is 2. The summed E-state index contributed by atoms with van der Waals surface area (Å²) in [6, 6.07) is 10.8. The molecule has 2 aromatic carbocycles. The third-order valence-corrected chi connectivity index (χ3v) is 6.81. The fourth-order valence-corrected chi connectivity index (χ4v) is 4.68. The zero-order valence-electron chi connectivity index (χ0n) is 24.7. The van der Waals surface area contributed by atoms with Crippen LogP contribution in [0, 0.1) is 19.8 Å². The van der Waals surface area contributed by atoms with Crippen molar-refractivity contribution < 1.29 is 19.1 Å². The first-order chi connectivity index (χ1) is 18.2. The van der Waals surface area contributed by atoms with Crippen LogP contribution in [0.15, 0.2) is 42.5 Å². The molecule has 0 heterocycles. The van der Waals surface area contributed by atoms with E-state index in [0.717, 1.165) is 11.1 Å². The number of carbonyl (C=O) groups is 3. The van der Waals surface area contributed by atoms with Crippen molar-refractivity contribution in [2.75, 3.05) is 5.32 Å². The van der Waals surface area contributed by atoms with Crippen LogP contribution < -0.4 is 10.6 Å². The van der Waals surface area contributed by atoms with E-state index in [-0.39, 0.29) is 23.8 Å². The van der Waals surface area contributed by atoms with E-state index in [4.69, 9.17) is 16.3 Å². The van der Waals surface area contributed by atoms with Crippen molar-refractivity contribution in [3.05, 3.63) is 64.2 Å². The number of rotatable bonds is 10. The molecule has 0 aromatic heterocycles. The first kappa shape index (κ1) is 32.2. The van der Waals surface area contributed by atoms with Crippen LogP contribution in [0.4, 0.5) is 10.5 Å². The smallest absolute Gasteiger partial charge is 0.408 e. The van der Waals surface area contributed by atoms with Gasteiger partial charge in [0.25, 0.3) is 5.91 Å². The number of amides is 3. The van der Waals surface area contributed by atoms with Crippen molar-refractivity contribution in [1.29, 1.82) is 0 Å². The van der Waals surface area contributed by atoms with Gasteiger partial charge in [-0.25, -0.2) is 4.79 Å². The highest BCUT2D eigenvalue weighted by molar-refractivity contribution is 6.34. The number of aryl methyl sites for hydroxylation is 2. The van der Waals surface area contributed by atoms with Crippen molar-refractivity contribution in [3.8, 4) is 0 Å². The van der Waals surface area contributed by atoms with Crippen LogP contribution in [0.3, 0.4) is 0 Å². The molecule has 7 nitrogen and oxygen atoms in total. The number of hydrogen-bond acceptors (Lipinski definition) is 4. The van der Waals surface area contributed by atoms with Gasteiger partial charge in [0.05, 0.1) is 10.7 Å². The van der Waals surface area contributed by atoms with Gasteiger partial charge in [-0.2, -0.15) is 0 Å². The number of hydrogen-bond donors (Lipinski definition) is 2. The second-order valence-corrected chi connectivity index (χ2v) is 11.9. The van der Waals surface area contributed by atoms with Gasteiger partial charge in [-0.15, -0.1) is 0 Å². The van der Waals surface area contributed by atoms with E-state index < -0.39 is 23.8 Å². The average Bonchev–Trinajstić information content (AvgIpc) is 2.82. The molecule has 2 N–H and O–H groups in total. The molecule has 0 aliphatic carbocycles. The Balaban J connectivity index is 2.62. The molecule has 3 unspecified atom stereocenters. The zero-order chi connectivity index (χ0) is 29.5. The topological polar surface area (TPSA) is 87.7 Å². The first-order valence-electron chi connectivity index (χ1n) is 13.6. The van der Waals surface area contributed by atoms with E-state index in [1.165, 1.54) is 0 Å². The van der Waals surface area contributed by atoms with E-state index in [2.05, 4.69) is 10.6 Å². The van der Waals surface area contributed by atoms with Crippen LogP contribution in [0.25, 0.3) is 0 Å². The highest BCUT2D eigenvalue weighted by atomic mass is 35.5. The second-order valence-electron chi connectivity index (χ2n) is 11.5. The fourth-order valence-electron chi connectivity index (χ4n) is 4.41. The number of anilines is 1. The standard InChI is InChI=1S/C31H44ClN3O4/c1-10-22(6)35(29(37)25(18-19(2)3)33-30(38)39-31(7,8)9)27(23-16-12-11-14-20(23)4)28(36)34-26-21(5)15-13-17-24(26)32/h11-17,19,22,25,27H,10,18H2,1-9H3,(H,33,38)(H,34,36). The number of alkyl carbamates (subject to hydrolysis) is 1. The van der Waals surface area contributed by atoms with Gasteiger partial charge in [-0.05, 0) is 83.1 Å². The molecule has 0 aliphatic heterocycles. The van der Waals surface area contributed by atoms with E-state index in [1.807, 2.05) is 77.9 Å². The predicted octanol–water partition coefficient (Wildman–Crippen LogP) is 7.20. The van der Waals surface area contributed by atoms with Crippen molar-refractivity contribution in [3.63, 3.8) is 0 Å². The lowest BCUT2D eigenvalue weighted by Crippen LogP contribution is -2.55. The minimum atomic E-state index is -0.959. The predicted molar refractivity (Wildman–Crippen MR) is 158 cm³/mol.